The van der Waals surface area contributed by atoms with E-state index in [-0.39, 0.29) is 23.0 Å². The first-order chi connectivity index (χ1) is 6.57. The second-order valence-corrected chi connectivity index (χ2v) is 3.65. The maximum absolute atomic E-state index is 13.3. The van der Waals surface area contributed by atoms with E-state index in [1.807, 2.05) is 0 Å². The Morgan fingerprint density at radius 2 is 2.07 bits per heavy atom. The molecule has 1 aromatic carbocycles. The van der Waals surface area contributed by atoms with E-state index in [0.717, 1.165) is 6.07 Å². The molecular weight excluding hydrogens is 256 g/mol. The minimum atomic E-state index is -0.989. The number of nitrogens with two attached hydrogens (primary N) is 1. The van der Waals surface area contributed by atoms with Crippen molar-refractivity contribution in [3.05, 3.63) is 33.8 Å². The summed E-state index contributed by atoms with van der Waals surface area (Å²) in [5, 5.41) is 9.45. The second kappa shape index (κ2) is 4.82. The molecule has 0 saturated heterocycles. The van der Waals surface area contributed by atoms with E-state index < -0.39 is 17.7 Å². The van der Waals surface area contributed by atoms with Crippen LogP contribution in [-0.2, 0) is 0 Å². The monoisotopic (exact) mass is 265 g/mol. The molecule has 0 bridgehead atoms. The molecular formula is C9H10BrF2NO. The third-order valence-electron chi connectivity index (χ3n) is 1.86. The van der Waals surface area contributed by atoms with Crippen molar-refractivity contribution in [3.63, 3.8) is 0 Å². The summed E-state index contributed by atoms with van der Waals surface area (Å²) >= 11 is 2.76. The second-order valence-electron chi connectivity index (χ2n) is 2.86. The van der Waals surface area contributed by atoms with Crippen LogP contribution in [0.5, 0.6) is 0 Å². The highest BCUT2D eigenvalue weighted by molar-refractivity contribution is 9.10. The molecule has 0 saturated carbocycles. The highest BCUT2D eigenvalue weighted by Gasteiger charge is 2.16. The van der Waals surface area contributed by atoms with Gasteiger partial charge in [-0.2, -0.15) is 0 Å². The van der Waals surface area contributed by atoms with Crippen LogP contribution in [0.1, 0.15) is 18.1 Å². The zero-order valence-corrected chi connectivity index (χ0v) is 8.89. The van der Waals surface area contributed by atoms with Crippen LogP contribution in [0.25, 0.3) is 0 Å². The molecule has 3 N–H and O–H groups in total. The molecule has 0 amide bonds. The number of hydrogen-bond acceptors (Lipinski definition) is 2. The summed E-state index contributed by atoms with van der Waals surface area (Å²) in [5.41, 5.74) is 5.28. The molecule has 0 spiro atoms. The zero-order chi connectivity index (χ0) is 10.7. The fraction of sp³-hybridized carbons (Fsp3) is 0.333. The average molecular weight is 266 g/mol. The topological polar surface area (TPSA) is 46.2 Å². The molecule has 1 unspecified atom stereocenters. The van der Waals surface area contributed by atoms with Crippen LogP contribution in [0, 0.1) is 11.6 Å². The molecule has 0 fully saturated rings. The molecule has 1 aromatic rings. The first-order valence-electron chi connectivity index (χ1n) is 4.09. The Morgan fingerprint density at radius 3 is 2.64 bits per heavy atom. The molecule has 14 heavy (non-hydrogen) atoms. The molecule has 5 heteroatoms. The number of aliphatic hydroxyl groups excluding tert-OH is 1. The van der Waals surface area contributed by atoms with E-state index in [9.17, 15) is 13.9 Å². The number of aliphatic hydroxyl groups is 1. The zero-order valence-electron chi connectivity index (χ0n) is 7.30. The fourth-order valence-electron chi connectivity index (χ4n) is 1.11. The van der Waals surface area contributed by atoms with Crippen molar-refractivity contribution >= 4 is 15.9 Å². The Hall–Kier alpha value is -0.520. The highest BCUT2D eigenvalue weighted by atomic mass is 79.9. The summed E-state index contributed by atoms with van der Waals surface area (Å²) in [4.78, 5) is 0. The summed E-state index contributed by atoms with van der Waals surface area (Å²) < 4.78 is 25.9. The van der Waals surface area contributed by atoms with Gasteiger partial charge in [-0.1, -0.05) is 6.07 Å². The van der Waals surface area contributed by atoms with Crippen LogP contribution >= 0.6 is 15.9 Å². The molecule has 1 atom stereocenters. The summed E-state index contributed by atoms with van der Waals surface area (Å²) in [6.07, 6.45) is -0.744. The van der Waals surface area contributed by atoms with Gasteiger partial charge in [-0.25, -0.2) is 8.78 Å². The predicted molar refractivity (Wildman–Crippen MR) is 52.7 cm³/mol. The Morgan fingerprint density at radius 1 is 1.43 bits per heavy atom. The van der Waals surface area contributed by atoms with Gasteiger partial charge in [0.25, 0.3) is 0 Å². The summed E-state index contributed by atoms with van der Waals surface area (Å²) in [6, 6.07) is 2.32. The van der Waals surface area contributed by atoms with E-state index in [0.29, 0.717) is 0 Å². The van der Waals surface area contributed by atoms with Crippen LogP contribution < -0.4 is 5.73 Å². The summed E-state index contributed by atoms with van der Waals surface area (Å²) in [5.74, 6) is -1.46. The average Bonchev–Trinajstić information content (AvgIpc) is 2.15. The lowest BCUT2D eigenvalue weighted by Crippen LogP contribution is -2.08. The minimum Gasteiger partial charge on any atom is -0.388 e. The maximum Gasteiger partial charge on any atom is 0.146 e. The van der Waals surface area contributed by atoms with E-state index in [1.165, 1.54) is 6.07 Å². The van der Waals surface area contributed by atoms with Crippen LogP contribution in [0.2, 0.25) is 0 Å². The molecule has 0 aliphatic carbocycles. The van der Waals surface area contributed by atoms with Crippen molar-refractivity contribution in [1.29, 1.82) is 0 Å². The lowest BCUT2D eigenvalue weighted by Gasteiger charge is -2.11. The van der Waals surface area contributed by atoms with E-state index in [2.05, 4.69) is 15.9 Å². The van der Waals surface area contributed by atoms with Crippen molar-refractivity contribution in [2.75, 3.05) is 6.54 Å². The van der Waals surface area contributed by atoms with Crippen LogP contribution in [-0.4, -0.2) is 11.7 Å². The Balaban J connectivity index is 3.04. The van der Waals surface area contributed by atoms with Gasteiger partial charge in [-0.05, 0) is 35.0 Å². The number of rotatable bonds is 3. The Kier molecular flexibility index (Phi) is 3.97. The number of hydrogen-bond donors (Lipinski definition) is 2. The molecule has 1 rings (SSSR count). The molecule has 2 nitrogen and oxygen atoms in total. The molecule has 0 heterocycles. The lowest BCUT2D eigenvalue weighted by atomic mass is 10.1. The third kappa shape index (κ3) is 2.29. The van der Waals surface area contributed by atoms with Gasteiger partial charge in [-0.3, -0.25) is 0 Å². The van der Waals surface area contributed by atoms with Gasteiger partial charge < -0.3 is 10.8 Å². The molecule has 0 aliphatic rings. The van der Waals surface area contributed by atoms with Gasteiger partial charge >= 0.3 is 0 Å². The van der Waals surface area contributed by atoms with Crippen molar-refractivity contribution < 1.29 is 13.9 Å². The lowest BCUT2D eigenvalue weighted by molar-refractivity contribution is 0.165. The maximum atomic E-state index is 13.3. The number of halogens is 3. The fourth-order valence-corrected chi connectivity index (χ4v) is 1.47. The predicted octanol–water partition coefficient (Wildman–Crippen LogP) is 2.11. The minimum absolute atomic E-state index is 0.0590. The van der Waals surface area contributed by atoms with Crippen LogP contribution in [0.15, 0.2) is 16.6 Å². The van der Waals surface area contributed by atoms with Crippen LogP contribution in [0.4, 0.5) is 8.78 Å². The summed E-state index contributed by atoms with van der Waals surface area (Å²) in [7, 11) is 0. The van der Waals surface area contributed by atoms with Crippen molar-refractivity contribution in [2.45, 2.75) is 12.5 Å². The summed E-state index contributed by atoms with van der Waals surface area (Å²) in [6.45, 7) is 0.246. The molecule has 0 radical (unpaired) electrons. The molecule has 0 aromatic heterocycles. The van der Waals surface area contributed by atoms with E-state index >= 15 is 0 Å². The highest BCUT2D eigenvalue weighted by Crippen LogP contribution is 2.27. The quantitative estimate of drug-likeness (QED) is 0.823. The van der Waals surface area contributed by atoms with Gasteiger partial charge in [0.1, 0.15) is 11.6 Å². The van der Waals surface area contributed by atoms with Crippen LogP contribution in [0.3, 0.4) is 0 Å². The largest absolute Gasteiger partial charge is 0.388 e. The Labute approximate surface area is 88.9 Å². The third-order valence-corrected chi connectivity index (χ3v) is 2.59. The van der Waals surface area contributed by atoms with Gasteiger partial charge in [0.2, 0.25) is 0 Å². The Bertz CT molecular complexity index is 333. The van der Waals surface area contributed by atoms with Gasteiger partial charge in [0.15, 0.2) is 0 Å². The first-order valence-corrected chi connectivity index (χ1v) is 4.88. The van der Waals surface area contributed by atoms with Gasteiger partial charge in [0.05, 0.1) is 10.6 Å². The normalized spacial score (nSPS) is 12.9. The standard InChI is InChI=1S/C9H10BrF2NO/c10-8-6(11)2-1-5(9(8)12)7(14)3-4-13/h1-2,7,14H,3-4,13H2. The van der Waals surface area contributed by atoms with E-state index in [1.54, 1.807) is 0 Å². The first kappa shape index (κ1) is 11.6. The van der Waals surface area contributed by atoms with Crippen molar-refractivity contribution in [2.24, 2.45) is 5.73 Å². The van der Waals surface area contributed by atoms with Crippen molar-refractivity contribution in [1.82, 2.24) is 0 Å². The molecule has 0 aliphatic heterocycles. The van der Waals surface area contributed by atoms with Gasteiger partial charge in [-0.15, -0.1) is 0 Å². The number of benzene rings is 1. The van der Waals surface area contributed by atoms with Gasteiger partial charge in [0, 0.05) is 5.56 Å². The SMILES string of the molecule is NCCC(O)c1ccc(F)c(Br)c1F. The smallest absolute Gasteiger partial charge is 0.146 e. The van der Waals surface area contributed by atoms with E-state index in [4.69, 9.17) is 5.73 Å². The van der Waals surface area contributed by atoms with Crippen molar-refractivity contribution in [3.8, 4) is 0 Å². The molecule has 78 valence electrons.